The van der Waals surface area contributed by atoms with Gasteiger partial charge in [0.2, 0.25) is 0 Å². The minimum absolute atomic E-state index is 0.970. The van der Waals surface area contributed by atoms with Crippen LogP contribution >= 0.6 is 0 Å². The lowest BCUT2D eigenvalue weighted by atomic mass is 9.91. The van der Waals surface area contributed by atoms with Gasteiger partial charge in [-0.15, -0.1) is 0 Å². The van der Waals surface area contributed by atoms with E-state index in [1.54, 1.807) is 0 Å². The molecule has 0 atom stereocenters. The van der Waals surface area contributed by atoms with Gasteiger partial charge in [-0.1, -0.05) is 164 Å². The third-order valence-electron chi connectivity index (χ3n) is 9.94. The number of fused-ring (bicyclic) bond motifs is 6. The summed E-state index contributed by atoms with van der Waals surface area (Å²) in [5.74, 6) is 0. The van der Waals surface area contributed by atoms with E-state index in [1.165, 1.54) is 32.6 Å². The summed E-state index contributed by atoms with van der Waals surface area (Å²) in [7, 11) is 0. The van der Waals surface area contributed by atoms with Gasteiger partial charge >= 0.3 is 0 Å². The average molecular weight is 638 g/mol. The Labute approximate surface area is 289 Å². The zero-order valence-electron chi connectivity index (χ0n) is 27.2. The van der Waals surface area contributed by atoms with Crippen molar-refractivity contribution in [2.75, 3.05) is 0 Å². The van der Waals surface area contributed by atoms with Crippen molar-refractivity contribution in [3.63, 3.8) is 0 Å². The molecule has 3 heteroatoms. The van der Waals surface area contributed by atoms with Crippen molar-refractivity contribution in [1.29, 1.82) is 0 Å². The number of para-hydroxylation sites is 2. The first-order valence-electron chi connectivity index (χ1n) is 17.1. The van der Waals surface area contributed by atoms with Crippen LogP contribution in [0.1, 0.15) is 0 Å². The Balaban J connectivity index is 1.29. The van der Waals surface area contributed by atoms with Crippen LogP contribution in [0.4, 0.5) is 0 Å². The second kappa shape index (κ2) is 11.5. The predicted molar refractivity (Wildman–Crippen MR) is 209 cm³/mol. The number of rotatable bonds is 5. The van der Waals surface area contributed by atoms with Crippen LogP contribution in [-0.2, 0) is 0 Å². The van der Waals surface area contributed by atoms with Crippen molar-refractivity contribution in [3.8, 4) is 50.5 Å². The molecule has 10 aromatic rings. The second-order valence-electron chi connectivity index (χ2n) is 12.8. The Morgan fingerprint density at radius 2 is 0.800 bits per heavy atom. The molecule has 0 saturated carbocycles. The third-order valence-corrected chi connectivity index (χ3v) is 9.94. The van der Waals surface area contributed by atoms with Crippen LogP contribution in [0.3, 0.4) is 0 Å². The first kappa shape index (κ1) is 28.3. The van der Waals surface area contributed by atoms with Gasteiger partial charge in [0, 0.05) is 44.1 Å². The van der Waals surface area contributed by atoms with E-state index in [0.29, 0.717) is 0 Å². The summed E-state index contributed by atoms with van der Waals surface area (Å²) in [6.45, 7) is 0. The molecule has 0 unspecified atom stereocenters. The van der Waals surface area contributed by atoms with E-state index < -0.39 is 0 Å². The maximum Gasteiger partial charge on any atom is 0.101 e. The number of benzene rings is 7. The molecule has 0 radical (unpaired) electrons. The van der Waals surface area contributed by atoms with Crippen LogP contribution < -0.4 is 0 Å². The maximum absolute atomic E-state index is 5.51. The van der Waals surface area contributed by atoms with Gasteiger partial charge in [-0.3, -0.25) is 0 Å². The standard InChI is InChI=1S/C47H31N3/c1-4-16-32(17-5-1)44-45(34-18-6-2-7-19-34)48-50-46(35-20-8-3-9-21-35)43(39-24-10-11-25-40(39)47(44)50)33-28-30-36(31-29-33)49-41-26-14-12-22-37(41)38-23-13-15-27-42(38)49/h1-31H. The summed E-state index contributed by atoms with van der Waals surface area (Å²) in [4.78, 5) is 0. The molecule has 0 saturated heterocycles. The van der Waals surface area contributed by atoms with Crippen LogP contribution in [-0.4, -0.2) is 14.2 Å². The molecular formula is C47H31N3. The molecule has 0 aliphatic rings. The Kier molecular flexibility index (Phi) is 6.49. The van der Waals surface area contributed by atoms with Gasteiger partial charge in [0.25, 0.3) is 0 Å². The van der Waals surface area contributed by atoms with Crippen molar-refractivity contribution < 1.29 is 0 Å². The Morgan fingerprint density at radius 3 is 1.40 bits per heavy atom. The molecule has 50 heavy (non-hydrogen) atoms. The second-order valence-corrected chi connectivity index (χ2v) is 12.8. The number of pyridine rings is 1. The lowest BCUT2D eigenvalue weighted by molar-refractivity contribution is 0.981. The largest absolute Gasteiger partial charge is 0.309 e. The first-order valence-corrected chi connectivity index (χ1v) is 17.1. The Morgan fingerprint density at radius 1 is 0.340 bits per heavy atom. The van der Waals surface area contributed by atoms with Crippen molar-refractivity contribution in [2.24, 2.45) is 0 Å². The topological polar surface area (TPSA) is 22.2 Å². The van der Waals surface area contributed by atoms with E-state index in [4.69, 9.17) is 5.10 Å². The van der Waals surface area contributed by atoms with Crippen molar-refractivity contribution in [3.05, 3.63) is 188 Å². The molecule has 7 aromatic carbocycles. The lowest BCUT2D eigenvalue weighted by Gasteiger charge is -2.18. The minimum atomic E-state index is 0.970. The van der Waals surface area contributed by atoms with E-state index in [9.17, 15) is 0 Å². The molecule has 0 spiro atoms. The molecule has 0 bridgehead atoms. The number of hydrogen-bond donors (Lipinski definition) is 0. The molecule has 0 aliphatic heterocycles. The fourth-order valence-electron chi connectivity index (χ4n) is 7.78. The molecule has 3 nitrogen and oxygen atoms in total. The minimum Gasteiger partial charge on any atom is -0.309 e. The fraction of sp³-hybridized carbons (Fsp3) is 0. The summed E-state index contributed by atoms with van der Waals surface area (Å²) < 4.78 is 4.58. The van der Waals surface area contributed by atoms with E-state index >= 15 is 0 Å². The fourth-order valence-corrected chi connectivity index (χ4v) is 7.78. The van der Waals surface area contributed by atoms with Crippen molar-refractivity contribution >= 4 is 38.1 Å². The highest BCUT2D eigenvalue weighted by Crippen LogP contribution is 2.46. The van der Waals surface area contributed by atoms with Gasteiger partial charge < -0.3 is 4.57 Å². The monoisotopic (exact) mass is 637 g/mol. The van der Waals surface area contributed by atoms with Crippen LogP contribution in [0.25, 0.3) is 88.6 Å². The highest BCUT2D eigenvalue weighted by Gasteiger charge is 2.25. The van der Waals surface area contributed by atoms with Crippen molar-refractivity contribution in [1.82, 2.24) is 14.2 Å². The summed E-state index contributed by atoms with van der Waals surface area (Å²) in [5.41, 5.74) is 13.5. The summed E-state index contributed by atoms with van der Waals surface area (Å²) >= 11 is 0. The molecule has 3 heterocycles. The molecule has 10 rings (SSSR count). The molecular weight excluding hydrogens is 607 g/mol. The molecule has 0 amide bonds. The summed E-state index contributed by atoms with van der Waals surface area (Å²) in [6.07, 6.45) is 0. The smallest absolute Gasteiger partial charge is 0.101 e. The zero-order chi connectivity index (χ0) is 33.0. The third kappa shape index (κ3) is 4.34. The van der Waals surface area contributed by atoms with Crippen LogP contribution in [0.15, 0.2) is 188 Å². The quantitative estimate of drug-likeness (QED) is 0.184. The number of hydrogen-bond acceptors (Lipinski definition) is 1. The predicted octanol–water partition coefficient (Wildman–Crippen LogP) is 12.3. The Hall–Kier alpha value is -6.71. The lowest BCUT2D eigenvalue weighted by Crippen LogP contribution is -2.00. The summed E-state index contributed by atoms with van der Waals surface area (Å²) in [6, 6.07) is 67.2. The van der Waals surface area contributed by atoms with E-state index in [1.807, 2.05) is 0 Å². The van der Waals surface area contributed by atoms with E-state index in [-0.39, 0.29) is 0 Å². The average Bonchev–Trinajstić information content (AvgIpc) is 3.76. The molecule has 0 fully saturated rings. The van der Waals surface area contributed by atoms with Gasteiger partial charge in [-0.25, -0.2) is 4.52 Å². The number of nitrogens with zero attached hydrogens (tertiary/aromatic N) is 3. The van der Waals surface area contributed by atoms with E-state index in [2.05, 4.69) is 197 Å². The highest BCUT2D eigenvalue weighted by molar-refractivity contribution is 6.15. The van der Waals surface area contributed by atoms with Crippen LogP contribution in [0.5, 0.6) is 0 Å². The van der Waals surface area contributed by atoms with Gasteiger partial charge in [0.05, 0.1) is 22.2 Å². The van der Waals surface area contributed by atoms with Crippen molar-refractivity contribution in [2.45, 2.75) is 0 Å². The first-order chi connectivity index (χ1) is 24.8. The van der Waals surface area contributed by atoms with Gasteiger partial charge in [0.15, 0.2) is 0 Å². The van der Waals surface area contributed by atoms with Gasteiger partial charge in [-0.2, -0.15) is 5.10 Å². The number of aromatic nitrogens is 3. The zero-order valence-corrected chi connectivity index (χ0v) is 27.2. The van der Waals surface area contributed by atoms with Gasteiger partial charge in [-0.05, 0) is 40.8 Å². The normalized spacial score (nSPS) is 11.6. The highest BCUT2D eigenvalue weighted by atomic mass is 15.2. The Bertz CT molecular complexity index is 2780. The molecule has 234 valence electrons. The summed E-state index contributed by atoms with van der Waals surface area (Å²) in [5, 5.41) is 10.4. The molecule has 0 aliphatic carbocycles. The van der Waals surface area contributed by atoms with Crippen LogP contribution in [0.2, 0.25) is 0 Å². The van der Waals surface area contributed by atoms with Crippen LogP contribution in [0, 0.1) is 0 Å². The van der Waals surface area contributed by atoms with E-state index in [0.717, 1.165) is 56.0 Å². The molecule has 0 N–H and O–H groups in total. The SMILES string of the molecule is c1ccc(-c2nn3c(-c4ccccc4)c(-c4ccc(-n5c6ccccc6c6ccccc65)cc4)c4ccccc4c3c2-c2ccccc2)cc1. The molecule has 3 aromatic heterocycles. The van der Waals surface area contributed by atoms with Gasteiger partial charge in [0.1, 0.15) is 5.69 Å². The maximum atomic E-state index is 5.51.